The van der Waals surface area contributed by atoms with Crippen LogP contribution in [-0.4, -0.2) is 17.3 Å². The Morgan fingerprint density at radius 3 is 2.80 bits per heavy atom. The number of para-hydroxylation sites is 1. The van der Waals surface area contributed by atoms with Crippen molar-refractivity contribution in [3.8, 4) is 11.5 Å². The molecule has 0 aliphatic rings. The third kappa shape index (κ3) is 3.58. The molecule has 0 saturated heterocycles. The largest absolute Gasteiger partial charge is 1.00 e. The standard InChI is InChI=1S/C14H16N2O2S.BrH/c1-4-16-13(19-10(2)15-16)9-8-11-6-5-7-12(18-3)14(11)17;/h5-9H,4H2,1-3H3;1H. The van der Waals surface area contributed by atoms with Gasteiger partial charge in [0.2, 0.25) is 0 Å². The Hall–Kier alpha value is -1.40. The minimum absolute atomic E-state index is 0. The predicted octanol–water partition coefficient (Wildman–Crippen LogP) is -0.352. The smallest absolute Gasteiger partial charge is 0.289 e. The molecule has 0 atom stereocenters. The molecular formula is C14H17BrN2O2S. The number of ether oxygens (including phenoxy) is 1. The van der Waals surface area contributed by atoms with Crippen LogP contribution in [0.15, 0.2) is 18.2 Å². The quantitative estimate of drug-likeness (QED) is 0.761. The van der Waals surface area contributed by atoms with Gasteiger partial charge in [0.1, 0.15) is 0 Å². The molecule has 0 fully saturated rings. The van der Waals surface area contributed by atoms with Crippen molar-refractivity contribution in [1.82, 2.24) is 5.10 Å². The zero-order chi connectivity index (χ0) is 13.8. The average molecular weight is 357 g/mol. The van der Waals surface area contributed by atoms with E-state index in [4.69, 9.17) is 4.74 Å². The Morgan fingerprint density at radius 2 is 2.15 bits per heavy atom. The lowest BCUT2D eigenvalue weighted by Crippen LogP contribution is -3.00. The number of aryl methyl sites for hydroxylation is 2. The molecule has 0 bridgehead atoms. The number of nitrogens with zero attached hydrogens (tertiary/aromatic N) is 2. The summed E-state index contributed by atoms with van der Waals surface area (Å²) in [5.41, 5.74) is 0.730. The summed E-state index contributed by atoms with van der Waals surface area (Å²) in [6.07, 6.45) is 3.83. The second-order valence-corrected chi connectivity index (χ2v) is 5.22. The monoisotopic (exact) mass is 356 g/mol. The van der Waals surface area contributed by atoms with Gasteiger partial charge >= 0.3 is 0 Å². The summed E-state index contributed by atoms with van der Waals surface area (Å²) in [6.45, 7) is 4.87. The highest BCUT2D eigenvalue weighted by atomic mass is 79.9. The first-order valence-electron chi connectivity index (χ1n) is 6.07. The maximum Gasteiger partial charge on any atom is 0.289 e. The Kier molecular flexibility index (Phi) is 6.16. The molecule has 6 heteroatoms. The van der Waals surface area contributed by atoms with Crippen LogP contribution in [0, 0.1) is 6.92 Å². The van der Waals surface area contributed by atoms with E-state index >= 15 is 0 Å². The molecule has 0 saturated carbocycles. The van der Waals surface area contributed by atoms with E-state index in [0.29, 0.717) is 5.75 Å². The molecule has 1 N–H and O–H groups in total. The molecule has 1 aromatic carbocycles. The van der Waals surface area contributed by atoms with Crippen LogP contribution in [0.1, 0.15) is 22.5 Å². The number of phenolic OH excluding ortho intramolecular Hbond substituents is 1. The Balaban J connectivity index is 0.00000200. The summed E-state index contributed by atoms with van der Waals surface area (Å²) in [7, 11) is 1.54. The average Bonchev–Trinajstić information content (AvgIpc) is 2.78. The van der Waals surface area contributed by atoms with Crippen LogP contribution in [-0.2, 0) is 6.54 Å². The van der Waals surface area contributed by atoms with Gasteiger partial charge in [0.05, 0.1) is 7.11 Å². The molecule has 0 radical (unpaired) electrons. The van der Waals surface area contributed by atoms with E-state index in [0.717, 1.165) is 22.1 Å². The van der Waals surface area contributed by atoms with Crippen LogP contribution in [0.25, 0.3) is 12.2 Å². The first-order chi connectivity index (χ1) is 9.15. The van der Waals surface area contributed by atoms with Gasteiger partial charge in [-0.1, -0.05) is 16.8 Å². The van der Waals surface area contributed by atoms with E-state index in [1.807, 2.05) is 35.9 Å². The molecule has 4 nitrogen and oxygen atoms in total. The molecule has 20 heavy (non-hydrogen) atoms. The van der Waals surface area contributed by atoms with Crippen molar-refractivity contribution in [1.29, 1.82) is 0 Å². The molecule has 2 aromatic rings. The first kappa shape index (κ1) is 16.7. The fourth-order valence-corrected chi connectivity index (χ4v) is 2.64. The van der Waals surface area contributed by atoms with Gasteiger partial charge in [-0.3, -0.25) is 0 Å². The Bertz CT molecular complexity index is 611. The van der Waals surface area contributed by atoms with E-state index < -0.39 is 0 Å². The lowest BCUT2D eigenvalue weighted by Gasteiger charge is -2.04. The number of hydrogen-bond donors (Lipinski definition) is 1. The van der Waals surface area contributed by atoms with Crippen molar-refractivity contribution < 1.29 is 31.5 Å². The molecule has 0 aliphatic heterocycles. The van der Waals surface area contributed by atoms with E-state index in [-0.39, 0.29) is 22.7 Å². The van der Waals surface area contributed by atoms with Gasteiger partial charge in [-0.25, -0.2) is 0 Å². The maximum atomic E-state index is 10.0. The number of hydrogen-bond acceptors (Lipinski definition) is 4. The van der Waals surface area contributed by atoms with Gasteiger partial charge in [0, 0.05) is 16.7 Å². The van der Waals surface area contributed by atoms with Crippen LogP contribution in [0.3, 0.4) is 0 Å². The highest BCUT2D eigenvalue weighted by Gasteiger charge is 2.13. The third-order valence-electron chi connectivity index (χ3n) is 2.72. The maximum absolute atomic E-state index is 10.0. The van der Waals surface area contributed by atoms with Gasteiger partial charge in [-0.15, -0.1) is 0 Å². The fourth-order valence-electron chi connectivity index (χ4n) is 1.79. The van der Waals surface area contributed by atoms with Gasteiger partial charge in [0.15, 0.2) is 23.1 Å². The molecule has 0 amide bonds. The van der Waals surface area contributed by atoms with E-state index in [9.17, 15) is 5.11 Å². The third-order valence-corrected chi connectivity index (χ3v) is 3.66. The Morgan fingerprint density at radius 1 is 1.40 bits per heavy atom. The minimum atomic E-state index is 0. The number of aromatic nitrogens is 2. The number of methoxy groups -OCH3 is 1. The molecular weight excluding hydrogens is 340 g/mol. The Labute approximate surface area is 133 Å². The SMILES string of the molecule is CC[n+]1nc(C)sc1C=Cc1cccc(OC)c1O.[Br-]. The highest BCUT2D eigenvalue weighted by Crippen LogP contribution is 2.30. The van der Waals surface area contributed by atoms with Crippen LogP contribution in [0.4, 0.5) is 0 Å². The summed E-state index contributed by atoms with van der Waals surface area (Å²) in [4.78, 5) is 0. The van der Waals surface area contributed by atoms with E-state index in [1.54, 1.807) is 24.5 Å². The summed E-state index contributed by atoms with van der Waals surface area (Å²) in [6, 6.07) is 5.43. The lowest BCUT2D eigenvalue weighted by molar-refractivity contribution is -0.747. The predicted molar refractivity (Wildman–Crippen MR) is 76.3 cm³/mol. The first-order valence-corrected chi connectivity index (χ1v) is 6.89. The summed E-state index contributed by atoms with van der Waals surface area (Å²) in [5, 5.41) is 16.5. The molecule has 0 spiro atoms. The van der Waals surface area contributed by atoms with Crippen molar-refractivity contribution in [2.45, 2.75) is 20.4 Å². The fraction of sp³-hybridized carbons (Fsp3) is 0.286. The number of halogens is 1. The van der Waals surface area contributed by atoms with Crippen LogP contribution < -0.4 is 26.4 Å². The number of benzene rings is 1. The van der Waals surface area contributed by atoms with Gasteiger partial charge in [0.25, 0.3) is 5.01 Å². The molecule has 0 aliphatic carbocycles. The zero-order valence-electron chi connectivity index (χ0n) is 11.6. The van der Waals surface area contributed by atoms with Crippen molar-refractivity contribution in [2.75, 3.05) is 7.11 Å². The van der Waals surface area contributed by atoms with Gasteiger partial charge < -0.3 is 26.8 Å². The number of aromatic hydroxyl groups is 1. The second kappa shape index (κ2) is 7.40. The number of phenols is 1. The lowest BCUT2D eigenvalue weighted by atomic mass is 10.1. The highest BCUT2D eigenvalue weighted by molar-refractivity contribution is 7.11. The summed E-state index contributed by atoms with van der Waals surface area (Å²) < 4.78 is 7.03. The topological polar surface area (TPSA) is 46.2 Å². The van der Waals surface area contributed by atoms with E-state index in [1.165, 1.54) is 0 Å². The van der Waals surface area contributed by atoms with Crippen LogP contribution >= 0.6 is 11.3 Å². The van der Waals surface area contributed by atoms with Gasteiger partial charge in [-0.2, -0.15) is 0 Å². The summed E-state index contributed by atoms with van der Waals surface area (Å²) in [5.74, 6) is 0.636. The van der Waals surface area contributed by atoms with Crippen LogP contribution in [0.5, 0.6) is 11.5 Å². The van der Waals surface area contributed by atoms with Crippen molar-refractivity contribution in [3.63, 3.8) is 0 Å². The van der Waals surface area contributed by atoms with Crippen molar-refractivity contribution in [3.05, 3.63) is 33.8 Å². The number of rotatable bonds is 4. The normalized spacial score (nSPS) is 10.6. The van der Waals surface area contributed by atoms with Crippen molar-refractivity contribution in [2.24, 2.45) is 0 Å². The molecule has 1 aromatic heterocycles. The minimum Gasteiger partial charge on any atom is -1.00 e. The molecule has 2 rings (SSSR count). The molecule has 1 heterocycles. The summed E-state index contributed by atoms with van der Waals surface area (Å²) >= 11 is 1.63. The van der Waals surface area contributed by atoms with Crippen LogP contribution in [0.2, 0.25) is 0 Å². The van der Waals surface area contributed by atoms with Gasteiger partial charge in [-0.05, 0) is 37.3 Å². The molecule has 108 valence electrons. The zero-order valence-corrected chi connectivity index (χ0v) is 14.0. The van der Waals surface area contributed by atoms with Crippen molar-refractivity contribution >= 4 is 23.5 Å². The van der Waals surface area contributed by atoms with E-state index in [2.05, 4.69) is 12.0 Å². The molecule has 0 unspecified atom stereocenters. The second-order valence-electron chi connectivity index (χ2n) is 4.01.